The number of carbonyl (C=O) groups is 2. The lowest BCUT2D eigenvalue weighted by Gasteiger charge is -2.05. The molecule has 0 spiro atoms. The fourth-order valence-corrected chi connectivity index (χ4v) is 1.49. The molecular formula is C10H5NO4-2. The van der Waals surface area contributed by atoms with Crippen molar-refractivity contribution in [2.45, 2.75) is 0 Å². The molecule has 0 saturated carbocycles. The second kappa shape index (κ2) is 3.13. The maximum absolute atomic E-state index is 10.8. The monoisotopic (exact) mass is 203 g/mol. The van der Waals surface area contributed by atoms with Crippen molar-refractivity contribution in [3.05, 3.63) is 41.7 Å². The third-order valence-corrected chi connectivity index (χ3v) is 2.11. The number of hydrogen-bond acceptors (Lipinski definition) is 4. The summed E-state index contributed by atoms with van der Waals surface area (Å²) in [6.07, 6.45) is 2.74. The van der Waals surface area contributed by atoms with Crippen LogP contribution in [0.3, 0.4) is 0 Å². The maximum Gasteiger partial charge on any atom is 0.0743 e. The van der Waals surface area contributed by atoms with Crippen LogP contribution in [-0.4, -0.2) is 16.3 Å². The first-order valence-corrected chi connectivity index (χ1v) is 4.13. The fraction of sp³-hybridized carbons (Fsp3) is 0. The van der Waals surface area contributed by atoms with Crippen molar-refractivity contribution in [2.75, 3.05) is 0 Å². The number of nitrogens with zero attached hydrogens (tertiary/aromatic N) is 1. The molecule has 15 heavy (non-hydrogen) atoms. The summed E-state index contributed by atoms with van der Waals surface area (Å²) in [6, 6.07) is 4.77. The van der Waals surface area contributed by atoms with Gasteiger partial charge in [-0.2, -0.15) is 0 Å². The Labute approximate surface area is 84.2 Å². The minimum absolute atomic E-state index is 0.275. The normalized spacial score (nSPS) is 10.4. The Morgan fingerprint density at radius 3 is 2.47 bits per heavy atom. The zero-order valence-corrected chi connectivity index (χ0v) is 7.47. The average molecular weight is 203 g/mol. The van der Waals surface area contributed by atoms with Crippen LogP contribution in [0.25, 0.3) is 5.52 Å². The number of aromatic carboxylic acids is 2. The molecular weight excluding hydrogens is 198 g/mol. The number of carboxylic acids is 2. The van der Waals surface area contributed by atoms with Gasteiger partial charge in [0.05, 0.1) is 17.5 Å². The average Bonchev–Trinajstić information content (AvgIpc) is 2.56. The lowest BCUT2D eigenvalue weighted by atomic mass is 10.1. The first kappa shape index (κ1) is 9.26. The Kier molecular flexibility index (Phi) is 1.93. The van der Waals surface area contributed by atoms with Crippen LogP contribution >= 0.6 is 0 Å². The van der Waals surface area contributed by atoms with E-state index in [0.29, 0.717) is 0 Å². The maximum atomic E-state index is 10.8. The molecule has 0 N–H and O–H groups in total. The van der Waals surface area contributed by atoms with Crippen LogP contribution in [0.4, 0.5) is 0 Å². The topological polar surface area (TPSA) is 84.7 Å². The quantitative estimate of drug-likeness (QED) is 0.605. The van der Waals surface area contributed by atoms with Crippen molar-refractivity contribution in [3.8, 4) is 0 Å². The van der Waals surface area contributed by atoms with Crippen molar-refractivity contribution in [1.29, 1.82) is 0 Å². The van der Waals surface area contributed by atoms with Crippen LogP contribution in [0.1, 0.15) is 20.7 Å². The number of carbonyl (C=O) groups excluding carboxylic acids is 2. The summed E-state index contributed by atoms with van der Waals surface area (Å²) in [5.74, 6) is -3.05. The van der Waals surface area contributed by atoms with Crippen LogP contribution in [0.2, 0.25) is 0 Å². The second-order valence-corrected chi connectivity index (χ2v) is 2.99. The highest BCUT2D eigenvalue weighted by atomic mass is 16.4. The van der Waals surface area contributed by atoms with Gasteiger partial charge in [0.25, 0.3) is 0 Å². The highest BCUT2D eigenvalue weighted by Crippen LogP contribution is 2.17. The lowest BCUT2D eigenvalue weighted by Crippen LogP contribution is -2.28. The first-order valence-electron chi connectivity index (χ1n) is 4.13. The number of fused-ring (bicyclic) bond motifs is 1. The minimum atomic E-state index is -1.53. The zero-order chi connectivity index (χ0) is 11.0. The van der Waals surface area contributed by atoms with Gasteiger partial charge in [-0.25, -0.2) is 0 Å². The van der Waals surface area contributed by atoms with E-state index < -0.39 is 11.9 Å². The Balaban J connectivity index is 2.86. The Hall–Kier alpha value is -2.30. The first-order chi connectivity index (χ1) is 7.11. The molecule has 5 nitrogen and oxygen atoms in total. The molecule has 2 aromatic heterocycles. The summed E-state index contributed by atoms with van der Waals surface area (Å²) in [5, 5.41) is 21.5. The van der Waals surface area contributed by atoms with Gasteiger partial charge >= 0.3 is 0 Å². The van der Waals surface area contributed by atoms with Crippen LogP contribution in [0.15, 0.2) is 30.6 Å². The number of hydrogen-bond donors (Lipinski definition) is 0. The summed E-state index contributed by atoms with van der Waals surface area (Å²) in [5.41, 5.74) is -0.450. The van der Waals surface area contributed by atoms with Gasteiger partial charge in [-0.05, 0) is 12.1 Å². The molecule has 0 aliphatic carbocycles. The van der Waals surface area contributed by atoms with E-state index in [9.17, 15) is 19.8 Å². The van der Waals surface area contributed by atoms with E-state index in [-0.39, 0.29) is 16.6 Å². The predicted molar refractivity (Wildman–Crippen MR) is 46.1 cm³/mol. The molecule has 0 aliphatic heterocycles. The number of pyridine rings is 1. The highest BCUT2D eigenvalue weighted by molar-refractivity contribution is 6.05. The van der Waals surface area contributed by atoms with Crippen molar-refractivity contribution in [3.63, 3.8) is 0 Å². The molecule has 2 rings (SSSR count). The van der Waals surface area contributed by atoms with Gasteiger partial charge < -0.3 is 24.2 Å². The standard InChI is InChI=1S/C10H7NO4/c12-9(13)6-5-11-4-2-1-3-7(11)8(6)10(14)15/h1-5H,(H,12,13)(H,14,15)/p-2. The van der Waals surface area contributed by atoms with E-state index >= 15 is 0 Å². The SMILES string of the molecule is O=C([O-])c1cn2ccccc2c1C(=O)[O-]. The highest BCUT2D eigenvalue weighted by Gasteiger charge is 2.11. The molecule has 0 atom stereocenters. The predicted octanol–water partition coefficient (Wildman–Crippen LogP) is -1.33. The molecule has 0 aliphatic rings. The third kappa shape index (κ3) is 1.34. The number of aromatic nitrogens is 1. The fourth-order valence-electron chi connectivity index (χ4n) is 1.49. The molecule has 2 aromatic rings. The molecule has 5 heteroatoms. The van der Waals surface area contributed by atoms with E-state index in [0.717, 1.165) is 0 Å². The van der Waals surface area contributed by atoms with Gasteiger partial charge in [-0.15, -0.1) is 0 Å². The minimum Gasteiger partial charge on any atom is -0.545 e. The molecule has 2 heterocycles. The molecule has 0 aromatic carbocycles. The van der Waals surface area contributed by atoms with E-state index in [1.165, 1.54) is 16.7 Å². The number of rotatable bonds is 2. The zero-order valence-electron chi connectivity index (χ0n) is 7.47. The molecule has 0 fully saturated rings. The van der Waals surface area contributed by atoms with Crippen molar-refractivity contribution in [2.24, 2.45) is 0 Å². The van der Waals surface area contributed by atoms with E-state index in [1.807, 2.05) is 0 Å². The summed E-state index contributed by atoms with van der Waals surface area (Å²) in [6.45, 7) is 0. The molecule has 76 valence electrons. The van der Waals surface area contributed by atoms with Crippen molar-refractivity contribution in [1.82, 2.24) is 4.40 Å². The van der Waals surface area contributed by atoms with Gasteiger partial charge in [-0.1, -0.05) is 6.07 Å². The van der Waals surface area contributed by atoms with Crippen LogP contribution in [-0.2, 0) is 0 Å². The van der Waals surface area contributed by atoms with Crippen molar-refractivity contribution >= 4 is 17.5 Å². The van der Waals surface area contributed by atoms with Crippen LogP contribution in [0.5, 0.6) is 0 Å². The summed E-state index contributed by atoms with van der Waals surface area (Å²) >= 11 is 0. The molecule has 0 unspecified atom stereocenters. The van der Waals surface area contributed by atoms with Crippen molar-refractivity contribution < 1.29 is 19.8 Å². The Morgan fingerprint density at radius 2 is 1.87 bits per heavy atom. The molecule has 0 saturated heterocycles. The molecule has 0 bridgehead atoms. The third-order valence-electron chi connectivity index (χ3n) is 2.11. The molecule has 0 radical (unpaired) electrons. The smallest absolute Gasteiger partial charge is 0.0743 e. The van der Waals surface area contributed by atoms with E-state index in [4.69, 9.17) is 0 Å². The summed E-state index contributed by atoms with van der Waals surface area (Å²) in [4.78, 5) is 21.5. The Morgan fingerprint density at radius 1 is 1.13 bits per heavy atom. The van der Waals surface area contributed by atoms with Gasteiger partial charge in [0.1, 0.15) is 0 Å². The summed E-state index contributed by atoms with van der Waals surface area (Å²) in [7, 11) is 0. The van der Waals surface area contributed by atoms with E-state index in [2.05, 4.69) is 0 Å². The van der Waals surface area contributed by atoms with Crippen LogP contribution in [0, 0.1) is 0 Å². The Bertz CT molecular complexity index is 556. The van der Waals surface area contributed by atoms with Crippen LogP contribution < -0.4 is 10.2 Å². The number of carboxylic acid groups (broad SMARTS) is 2. The lowest BCUT2D eigenvalue weighted by molar-refractivity contribution is -0.259. The van der Waals surface area contributed by atoms with E-state index in [1.54, 1.807) is 18.3 Å². The largest absolute Gasteiger partial charge is 0.545 e. The molecule has 0 amide bonds. The van der Waals surface area contributed by atoms with Gasteiger partial charge in [0.2, 0.25) is 0 Å². The second-order valence-electron chi connectivity index (χ2n) is 2.99. The van der Waals surface area contributed by atoms with Gasteiger partial charge in [0, 0.05) is 23.5 Å². The van der Waals surface area contributed by atoms with Gasteiger partial charge in [-0.3, -0.25) is 0 Å². The summed E-state index contributed by atoms with van der Waals surface area (Å²) < 4.78 is 1.40. The van der Waals surface area contributed by atoms with Gasteiger partial charge in [0.15, 0.2) is 0 Å².